The molecule has 4 N–H and O–H groups in total. The zero-order valence-electron chi connectivity index (χ0n) is 15.3. The summed E-state index contributed by atoms with van der Waals surface area (Å²) in [6, 6.07) is 0. The van der Waals surface area contributed by atoms with Gasteiger partial charge in [0, 0.05) is 33.7 Å². The summed E-state index contributed by atoms with van der Waals surface area (Å²) in [6.45, 7) is 1.23. The smallest absolute Gasteiger partial charge is 0.333 e. The van der Waals surface area contributed by atoms with E-state index in [1.807, 2.05) is 0 Å². The molecule has 12 nitrogen and oxygen atoms in total. The lowest BCUT2D eigenvalue weighted by molar-refractivity contribution is -0.137. The molecule has 0 unspecified atom stereocenters. The second-order valence-electron chi connectivity index (χ2n) is 5.67. The first-order valence-corrected chi connectivity index (χ1v) is 8.16. The zero-order chi connectivity index (χ0) is 20.6. The Morgan fingerprint density at radius 2 is 1.59 bits per heavy atom. The van der Waals surface area contributed by atoms with Crippen LogP contribution in [0, 0.1) is 0 Å². The van der Waals surface area contributed by atoms with Gasteiger partial charge in [-0.15, -0.1) is 0 Å². The van der Waals surface area contributed by atoms with Gasteiger partial charge in [-0.1, -0.05) is 0 Å². The van der Waals surface area contributed by atoms with Crippen LogP contribution < -0.4 is 11.2 Å². The van der Waals surface area contributed by atoms with Crippen LogP contribution in [0.3, 0.4) is 0 Å². The highest BCUT2D eigenvalue weighted by Gasteiger charge is 2.16. The average molecular weight is 387 g/mol. The van der Waals surface area contributed by atoms with Crippen molar-refractivity contribution in [2.75, 3.05) is 39.5 Å². The Hall–Kier alpha value is -2.54. The van der Waals surface area contributed by atoms with Gasteiger partial charge in [-0.3, -0.25) is 23.6 Å². The maximum absolute atomic E-state index is 11.8. The van der Waals surface area contributed by atoms with Crippen molar-refractivity contribution < 1.29 is 25.2 Å². The second kappa shape index (κ2) is 10.6. The highest BCUT2D eigenvalue weighted by atomic mass is 16.4. The van der Waals surface area contributed by atoms with Crippen LogP contribution in [-0.4, -0.2) is 89.4 Å². The first-order chi connectivity index (χ1) is 12.8. The van der Waals surface area contributed by atoms with Gasteiger partial charge in [-0.2, -0.15) is 0 Å². The Morgan fingerprint density at radius 3 is 2.04 bits per heavy atom. The van der Waals surface area contributed by atoms with Crippen molar-refractivity contribution in [3.8, 4) is 0 Å². The fraction of sp³-hybridized carbons (Fsp3) is 0.600. The van der Waals surface area contributed by atoms with Crippen molar-refractivity contribution in [1.29, 1.82) is 0 Å². The SMILES string of the molecule is Cn1c(=O)c2c(ncn2C)n(CC(=O)O)c1=O.OCCN(CCO)CCO. The first kappa shape index (κ1) is 22.5. The van der Waals surface area contributed by atoms with Crippen molar-refractivity contribution in [3.63, 3.8) is 0 Å². The number of aliphatic hydroxyl groups is 3. The van der Waals surface area contributed by atoms with Crippen LogP contribution in [0.2, 0.25) is 0 Å². The Labute approximate surface area is 154 Å². The molecule has 0 aliphatic rings. The minimum atomic E-state index is -1.17. The minimum absolute atomic E-state index is 0.0694. The van der Waals surface area contributed by atoms with Gasteiger partial charge in [0.25, 0.3) is 5.56 Å². The second-order valence-corrected chi connectivity index (χ2v) is 5.67. The summed E-state index contributed by atoms with van der Waals surface area (Å²) in [5, 5.41) is 34.2. The molecular formula is C15H25N5O7. The van der Waals surface area contributed by atoms with Crippen LogP contribution in [0.1, 0.15) is 0 Å². The number of aliphatic hydroxyl groups excluding tert-OH is 3. The summed E-state index contributed by atoms with van der Waals surface area (Å²) in [5.41, 5.74) is -0.897. The number of carboxylic acids is 1. The lowest BCUT2D eigenvalue weighted by Gasteiger charge is -2.17. The molecule has 12 heteroatoms. The molecule has 2 aromatic rings. The van der Waals surface area contributed by atoms with Gasteiger partial charge in [0.2, 0.25) is 0 Å². The van der Waals surface area contributed by atoms with Gasteiger partial charge in [-0.25, -0.2) is 9.78 Å². The standard InChI is InChI=1S/C9H10N4O4.C6H15NO3/c1-11-4-10-7-6(11)8(16)12(2)9(17)13(7)3-5(14)15;8-4-1-7(2-5-9)3-6-10/h4H,3H2,1-2H3,(H,14,15);8-10H,1-6H2. The molecule has 0 aromatic carbocycles. The van der Waals surface area contributed by atoms with Crippen LogP contribution in [0.25, 0.3) is 11.2 Å². The van der Waals surface area contributed by atoms with Gasteiger partial charge in [-0.05, 0) is 0 Å². The number of hydrogen-bond donors (Lipinski definition) is 4. The molecule has 2 aromatic heterocycles. The molecule has 0 radical (unpaired) electrons. The predicted octanol–water partition coefficient (Wildman–Crippen LogP) is -3.22. The van der Waals surface area contributed by atoms with E-state index in [0.717, 1.165) is 9.13 Å². The van der Waals surface area contributed by atoms with E-state index in [-0.39, 0.29) is 31.0 Å². The van der Waals surface area contributed by atoms with E-state index >= 15 is 0 Å². The third-order valence-corrected chi connectivity index (χ3v) is 3.74. The number of hydrogen-bond acceptors (Lipinski definition) is 8. The molecule has 0 atom stereocenters. The highest BCUT2D eigenvalue weighted by Crippen LogP contribution is 2.03. The maximum atomic E-state index is 11.8. The molecule has 0 aliphatic heterocycles. The summed E-state index contributed by atoms with van der Waals surface area (Å²) in [4.78, 5) is 39.9. The number of rotatable bonds is 8. The van der Waals surface area contributed by atoms with Crippen molar-refractivity contribution in [3.05, 3.63) is 27.2 Å². The summed E-state index contributed by atoms with van der Waals surface area (Å²) in [7, 11) is 2.90. The van der Waals surface area contributed by atoms with E-state index in [1.165, 1.54) is 17.9 Å². The fourth-order valence-corrected chi connectivity index (χ4v) is 2.42. The van der Waals surface area contributed by atoms with Crippen LogP contribution in [0.5, 0.6) is 0 Å². The largest absolute Gasteiger partial charge is 0.480 e. The van der Waals surface area contributed by atoms with Crippen molar-refractivity contribution in [2.24, 2.45) is 14.1 Å². The van der Waals surface area contributed by atoms with Crippen LogP contribution in [0.4, 0.5) is 0 Å². The van der Waals surface area contributed by atoms with E-state index in [1.54, 1.807) is 11.9 Å². The van der Waals surface area contributed by atoms with E-state index in [4.69, 9.17) is 20.4 Å². The molecule has 2 rings (SSSR count). The Morgan fingerprint density at radius 1 is 1.07 bits per heavy atom. The molecule has 0 fully saturated rings. The summed E-state index contributed by atoms with van der Waals surface area (Å²) in [6.07, 6.45) is 1.36. The van der Waals surface area contributed by atoms with Crippen molar-refractivity contribution >= 4 is 17.1 Å². The lowest BCUT2D eigenvalue weighted by atomic mass is 10.4. The minimum Gasteiger partial charge on any atom is -0.480 e. The molecule has 0 amide bonds. The van der Waals surface area contributed by atoms with E-state index in [0.29, 0.717) is 19.6 Å². The number of aromatic nitrogens is 4. The number of carbonyl (C=O) groups is 1. The number of fused-ring (bicyclic) bond motifs is 1. The van der Waals surface area contributed by atoms with Gasteiger partial charge >= 0.3 is 11.7 Å². The number of nitrogens with zero attached hydrogens (tertiary/aromatic N) is 5. The number of aliphatic carboxylic acids is 1. The molecule has 0 aliphatic carbocycles. The first-order valence-electron chi connectivity index (χ1n) is 8.16. The van der Waals surface area contributed by atoms with Gasteiger partial charge in [0.1, 0.15) is 6.54 Å². The molecule has 0 saturated carbocycles. The molecular weight excluding hydrogens is 362 g/mol. The van der Waals surface area contributed by atoms with Gasteiger partial charge in [0.15, 0.2) is 11.2 Å². The van der Waals surface area contributed by atoms with Gasteiger partial charge < -0.3 is 25.0 Å². The highest BCUT2D eigenvalue weighted by molar-refractivity contribution is 5.73. The Kier molecular flexibility index (Phi) is 8.81. The Balaban J connectivity index is 0.000000314. The van der Waals surface area contributed by atoms with Crippen LogP contribution >= 0.6 is 0 Å². The van der Waals surface area contributed by atoms with Crippen molar-refractivity contribution in [2.45, 2.75) is 6.54 Å². The average Bonchev–Trinajstić information content (AvgIpc) is 2.99. The number of aryl methyl sites for hydroxylation is 1. The topological polar surface area (TPSA) is 163 Å². The fourth-order valence-electron chi connectivity index (χ4n) is 2.42. The van der Waals surface area contributed by atoms with Crippen LogP contribution in [0.15, 0.2) is 15.9 Å². The molecule has 0 saturated heterocycles. The quantitative estimate of drug-likeness (QED) is 0.365. The van der Waals surface area contributed by atoms with E-state index in [9.17, 15) is 14.4 Å². The third-order valence-electron chi connectivity index (χ3n) is 3.74. The zero-order valence-corrected chi connectivity index (χ0v) is 15.3. The molecule has 0 bridgehead atoms. The summed E-state index contributed by atoms with van der Waals surface area (Å²) < 4.78 is 3.28. The van der Waals surface area contributed by atoms with Crippen LogP contribution in [-0.2, 0) is 25.4 Å². The molecule has 27 heavy (non-hydrogen) atoms. The monoisotopic (exact) mass is 387 g/mol. The number of carboxylic acid groups (broad SMARTS) is 1. The number of imidazole rings is 1. The Bertz CT molecular complexity index is 856. The van der Waals surface area contributed by atoms with E-state index in [2.05, 4.69) is 4.98 Å². The van der Waals surface area contributed by atoms with Crippen molar-refractivity contribution in [1.82, 2.24) is 23.6 Å². The summed E-state index contributed by atoms with van der Waals surface area (Å²) >= 11 is 0. The molecule has 2 heterocycles. The third kappa shape index (κ3) is 5.72. The predicted molar refractivity (Wildman–Crippen MR) is 95.5 cm³/mol. The maximum Gasteiger partial charge on any atom is 0.333 e. The summed E-state index contributed by atoms with van der Waals surface area (Å²) in [5.74, 6) is -1.17. The van der Waals surface area contributed by atoms with Gasteiger partial charge in [0.05, 0.1) is 26.1 Å². The van der Waals surface area contributed by atoms with E-state index < -0.39 is 23.8 Å². The molecule has 0 spiro atoms. The molecule has 152 valence electrons. The lowest BCUT2D eigenvalue weighted by Crippen LogP contribution is -2.39. The normalized spacial score (nSPS) is 10.9.